The van der Waals surface area contributed by atoms with Crippen molar-refractivity contribution in [3.63, 3.8) is 0 Å². The van der Waals surface area contributed by atoms with E-state index in [0.29, 0.717) is 5.56 Å². The van der Waals surface area contributed by atoms with Crippen LogP contribution in [0.2, 0.25) is 0 Å². The Morgan fingerprint density at radius 3 is 3.00 bits per heavy atom. The van der Waals surface area contributed by atoms with Crippen molar-refractivity contribution in [2.45, 2.75) is 19.4 Å². The van der Waals surface area contributed by atoms with Crippen molar-refractivity contribution in [1.29, 1.82) is 0 Å². The van der Waals surface area contributed by atoms with Crippen molar-refractivity contribution in [2.75, 3.05) is 5.32 Å². The van der Waals surface area contributed by atoms with Crippen LogP contribution in [0.4, 0.5) is 5.69 Å². The molecule has 2 heterocycles. The molecule has 116 valence electrons. The summed E-state index contributed by atoms with van der Waals surface area (Å²) in [5, 5.41) is 4.07. The van der Waals surface area contributed by atoms with E-state index in [0.717, 1.165) is 34.3 Å². The molecule has 0 saturated carbocycles. The lowest BCUT2D eigenvalue weighted by molar-refractivity contribution is 0.102. The number of ether oxygens (including phenoxy) is 1. The molecule has 23 heavy (non-hydrogen) atoms. The molecule has 2 aromatic carbocycles. The highest BCUT2D eigenvalue weighted by Crippen LogP contribution is 2.31. The van der Waals surface area contributed by atoms with Crippen LogP contribution in [-0.2, 0) is 13.5 Å². The molecule has 4 nitrogen and oxygen atoms in total. The Balaban J connectivity index is 1.65. The number of aryl methyl sites for hydroxylation is 1. The first-order valence-corrected chi connectivity index (χ1v) is 7.77. The van der Waals surface area contributed by atoms with E-state index in [4.69, 9.17) is 4.74 Å². The number of para-hydroxylation sites is 1. The van der Waals surface area contributed by atoms with Gasteiger partial charge in [0.15, 0.2) is 0 Å². The predicted molar refractivity (Wildman–Crippen MR) is 91.1 cm³/mol. The second kappa shape index (κ2) is 5.16. The predicted octanol–water partition coefficient (Wildman–Crippen LogP) is 3.75. The van der Waals surface area contributed by atoms with Gasteiger partial charge in [0.1, 0.15) is 11.9 Å². The van der Waals surface area contributed by atoms with Gasteiger partial charge in [-0.3, -0.25) is 4.79 Å². The summed E-state index contributed by atoms with van der Waals surface area (Å²) in [6.07, 6.45) is 3.05. The molecular weight excluding hydrogens is 288 g/mol. The zero-order valence-corrected chi connectivity index (χ0v) is 13.2. The second-order valence-electron chi connectivity index (χ2n) is 6.08. The maximum atomic E-state index is 12.7. The van der Waals surface area contributed by atoms with Crippen LogP contribution in [0.5, 0.6) is 5.75 Å². The van der Waals surface area contributed by atoms with Crippen LogP contribution in [0.1, 0.15) is 22.8 Å². The molecule has 1 amide bonds. The van der Waals surface area contributed by atoms with Crippen molar-refractivity contribution in [2.24, 2.45) is 7.05 Å². The van der Waals surface area contributed by atoms with Gasteiger partial charge in [0, 0.05) is 30.7 Å². The minimum Gasteiger partial charge on any atom is -0.490 e. The Morgan fingerprint density at radius 1 is 1.26 bits per heavy atom. The highest BCUT2D eigenvalue weighted by Gasteiger charge is 2.20. The molecule has 0 radical (unpaired) electrons. The molecule has 0 aliphatic carbocycles. The molecule has 0 fully saturated rings. The number of hydrogen-bond donors (Lipinski definition) is 1. The maximum Gasteiger partial charge on any atom is 0.257 e. The lowest BCUT2D eigenvalue weighted by Gasteiger charge is -2.09. The van der Waals surface area contributed by atoms with Gasteiger partial charge in [0.25, 0.3) is 5.91 Å². The number of carbonyl (C=O) groups is 1. The summed E-state index contributed by atoms with van der Waals surface area (Å²) < 4.78 is 7.67. The first-order valence-electron chi connectivity index (χ1n) is 7.77. The summed E-state index contributed by atoms with van der Waals surface area (Å²) in [6.45, 7) is 2.05. The topological polar surface area (TPSA) is 43.3 Å². The Hall–Kier alpha value is -2.75. The average Bonchev–Trinajstić information content (AvgIpc) is 3.09. The normalized spacial score (nSPS) is 16.2. The van der Waals surface area contributed by atoms with Crippen molar-refractivity contribution in [3.8, 4) is 5.75 Å². The summed E-state index contributed by atoms with van der Waals surface area (Å²) >= 11 is 0. The standard InChI is InChI=1S/C19H18N2O2/c1-12-10-14-11-15(6-7-17(14)23-12)20-19(22)16-5-3-4-13-8-9-21(2)18(13)16/h3-9,11-12H,10H2,1-2H3,(H,20,22). The zero-order valence-electron chi connectivity index (χ0n) is 13.2. The largest absolute Gasteiger partial charge is 0.490 e. The molecule has 1 aliphatic heterocycles. The number of hydrogen-bond acceptors (Lipinski definition) is 2. The highest BCUT2D eigenvalue weighted by atomic mass is 16.5. The number of nitrogens with one attached hydrogen (secondary N) is 1. The number of carbonyl (C=O) groups excluding carboxylic acids is 1. The van der Waals surface area contributed by atoms with Gasteiger partial charge in [-0.2, -0.15) is 0 Å². The van der Waals surface area contributed by atoms with E-state index in [1.54, 1.807) is 0 Å². The fourth-order valence-electron chi connectivity index (χ4n) is 3.24. The Bertz CT molecular complexity index is 911. The molecule has 4 heteroatoms. The summed E-state index contributed by atoms with van der Waals surface area (Å²) in [6, 6.07) is 13.6. The van der Waals surface area contributed by atoms with Gasteiger partial charge in [-0.05, 0) is 42.8 Å². The molecule has 4 rings (SSSR count). The average molecular weight is 306 g/mol. The molecule has 1 aliphatic rings. The molecule has 0 saturated heterocycles. The van der Waals surface area contributed by atoms with Gasteiger partial charge in [-0.1, -0.05) is 12.1 Å². The third-order valence-corrected chi connectivity index (χ3v) is 4.30. The van der Waals surface area contributed by atoms with E-state index >= 15 is 0 Å². The Labute approximate surface area is 134 Å². The van der Waals surface area contributed by atoms with Gasteiger partial charge in [-0.25, -0.2) is 0 Å². The summed E-state index contributed by atoms with van der Waals surface area (Å²) in [4.78, 5) is 12.7. The fourth-order valence-corrected chi connectivity index (χ4v) is 3.24. The number of fused-ring (bicyclic) bond motifs is 2. The van der Waals surface area contributed by atoms with Crippen molar-refractivity contribution >= 4 is 22.5 Å². The molecule has 1 aromatic heterocycles. The van der Waals surface area contributed by atoms with Gasteiger partial charge < -0.3 is 14.6 Å². The third kappa shape index (κ3) is 2.36. The van der Waals surface area contributed by atoms with E-state index in [1.165, 1.54) is 0 Å². The minimum absolute atomic E-state index is 0.0932. The second-order valence-corrected chi connectivity index (χ2v) is 6.08. The van der Waals surface area contributed by atoms with Crippen molar-refractivity contribution < 1.29 is 9.53 Å². The van der Waals surface area contributed by atoms with Crippen LogP contribution < -0.4 is 10.1 Å². The number of nitrogens with zero attached hydrogens (tertiary/aromatic N) is 1. The zero-order chi connectivity index (χ0) is 16.0. The van der Waals surface area contributed by atoms with Crippen LogP contribution in [0.25, 0.3) is 10.9 Å². The SMILES string of the molecule is CC1Cc2cc(NC(=O)c3cccc4ccn(C)c34)ccc2O1. The van der Waals surface area contributed by atoms with Crippen molar-refractivity contribution in [3.05, 3.63) is 59.8 Å². The van der Waals surface area contributed by atoms with Gasteiger partial charge in [0.05, 0.1) is 11.1 Å². The fraction of sp³-hybridized carbons (Fsp3) is 0.211. The monoisotopic (exact) mass is 306 g/mol. The molecule has 3 aromatic rings. The Kier molecular flexibility index (Phi) is 3.11. The molecule has 0 bridgehead atoms. The first kappa shape index (κ1) is 13.9. The number of anilines is 1. The maximum absolute atomic E-state index is 12.7. The highest BCUT2D eigenvalue weighted by molar-refractivity contribution is 6.12. The van der Waals surface area contributed by atoms with Gasteiger partial charge in [-0.15, -0.1) is 0 Å². The van der Waals surface area contributed by atoms with E-state index < -0.39 is 0 Å². The molecule has 1 unspecified atom stereocenters. The van der Waals surface area contributed by atoms with Crippen LogP contribution in [-0.4, -0.2) is 16.6 Å². The van der Waals surface area contributed by atoms with E-state index in [9.17, 15) is 4.79 Å². The Morgan fingerprint density at radius 2 is 2.13 bits per heavy atom. The summed E-state index contributed by atoms with van der Waals surface area (Å²) in [7, 11) is 1.95. The van der Waals surface area contributed by atoms with Crippen LogP contribution >= 0.6 is 0 Å². The molecular formula is C19H18N2O2. The van der Waals surface area contributed by atoms with Gasteiger partial charge in [0.2, 0.25) is 0 Å². The molecule has 1 atom stereocenters. The number of amides is 1. The lowest BCUT2D eigenvalue weighted by Crippen LogP contribution is -2.13. The van der Waals surface area contributed by atoms with Crippen LogP contribution in [0.15, 0.2) is 48.7 Å². The number of rotatable bonds is 2. The van der Waals surface area contributed by atoms with Crippen LogP contribution in [0, 0.1) is 0 Å². The number of aromatic nitrogens is 1. The van der Waals surface area contributed by atoms with Crippen LogP contribution in [0.3, 0.4) is 0 Å². The number of benzene rings is 2. The van der Waals surface area contributed by atoms with E-state index in [2.05, 4.69) is 5.32 Å². The minimum atomic E-state index is -0.0932. The summed E-state index contributed by atoms with van der Waals surface area (Å²) in [5.74, 6) is 0.823. The first-order chi connectivity index (χ1) is 11.1. The van der Waals surface area contributed by atoms with Crippen molar-refractivity contribution in [1.82, 2.24) is 4.57 Å². The lowest BCUT2D eigenvalue weighted by atomic mass is 10.1. The quantitative estimate of drug-likeness (QED) is 0.783. The molecule has 1 N–H and O–H groups in total. The van der Waals surface area contributed by atoms with E-state index in [-0.39, 0.29) is 12.0 Å². The smallest absolute Gasteiger partial charge is 0.257 e. The third-order valence-electron chi connectivity index (χ3n) is 4.30. The summed E-state index contributed by atoms with van der Waals surface area (Å²) in [5.41, 5.74) is 3.58. The van der Waals surface area contributed by atoms with E-state index in [1.807, 2.05) is 67.2 Å². The van der Waals surface area contributed by atoms with Gasteiger partial charge >= 0.3 is 0 Å². The molecule has 0 spiro atoms.